The van der Waals surface area contributed by atoms with Crippen molar-refractivity contribution >= 4 is 35.6 Å². The Hall–Kier alpha value is -1.000. The smallest absolute Gasteiger partial charge is 0.126 e. The molecule has 1 N–H and O–H groups in total. The molecule has 26 heavy (non-hydrogen) atoms. The molecule has 3 rings (SSSR count). The number of piperazine rings is 1. The zero-order valence-electron chi connectivity index (χ0n) is 15.9. The highest BCUT2D eigenvalue weighted by molar-refractivity contribution is 5.91. The minimum Gasteiger partial charge on any atom is -0.496 e. The molecule has 0 aliphatic carbocycles. The fraction of sp³-hybridized carbons (Fsp3) is 0.524. The minimum atomic E-state index is 0. The van der Waals surface area contributed by atoms with Gasteiger partial charge in [-0.2, -0.15) is 0 Å². The molecule has 146 valence electrons. The summed E-state index contributed by atoms with van der Waals surface area (Å²) in [5.41, 5.74) is 1.46. The topological polar surface area (TPSA) is 24.5 Å². The highest BCUT2D eigenvalue weighted by Crippen LogP contribution is 2.36. The van der Waals surface area contributed by atoms with E-state index in [-0.39, 0.29) is 24.8 Å². The minimum absolute atomic E-state index is 0. The number of hydrogen-bond donors (Lipinski definition) is 1. The molecule has 1 aliphatic rings. The van der Waals surface area contributed by atoms with Gasteiger partial charge in [0, 0.05) is 37.6 Å². The van der Waals surface area contributed by atoms with Gasteiger partial charge in [-0.15, -0.1) is 24.8 Å². The van der Waals surface area contributed by atoms with E-state index in [0.29, 0.717) is 6.04 Å². The van der Waals surface area contributed by atoms with Gasteiger partial charge in [0.05, 0.1) is 7.11 Å². The van der Waals surface area contributed by atoms with E-state index in [1.807, 2.05) is 0 Å². The summed E-state index contributed by atoms with van der Waals surface area (Å²) >= 11 is 0. The van der Waals surface area contributed by atoms with Crippen molar-refractivity contribution in [2.75, 3.05) is 33.3 Å². The third-order valence-corrected chi connectivity index (χ3v) is 5.17. The molecule has 5 heteroatoms. The molecular weight excluding hydrogens is 367 g/mol. The first-order valence-electron chi connectivity index (χ1n) is 9.35. The zero-order valence-corrected chi connectivity index (χ0v) is 17.5. The van der Waals surface area contributed by atoms with Crippen LogP contribution in [0.1, 0.15) is 44.2 Å². The maximum atomic E-state index is 5.58. The molecule has 1 fully saturated rings. The average molecular weight is 399 g/mol. The van der Waals surface area contributed by atoms with E-state index in [1.54, 1.807) is 7.11 Å². The van der Waals surface area contributed by atoms with E-state index in [9.17, 15) is 0 Å². The van der Waals surface area contributed by atoms with Crippen LogP contribution < -0.4 is 10.1 Å². The molecule has 3 nitrogen and oxygen atoms in total. The van der Waals surface area contributed by atoms with E-state index in [1.165, 1.54) is 42.0 Å². The summed E-state index contributed by atoms with van der Waals surface area (Å²) in [6, 6.07) is 13.6. The molecule has 0 amide bonds. The van der Waals surface area contributed by atoms with Crippen molar-refractivity contribution in [3.05, 3.63) is 42.0 Å². The Morgan fingerprint density at radius 1 is 1.00 bits per heavy atom. The molecule has 2 aromatic rings. The predicted octanol–water partition coefficient (Wildman–Crippen LogP) is 5.22. The van der Waals surface area contributed by atoms with Crippen molar-refractivity contribution in [1.29, 1.82) is 0 Å². The van der Waals surface area contributed by atoms with E-state index >= 15 is 0 Å². The molecular formula is C21H32Cl2N2O. The van der Waals surface area contributed by atoms with Gasteiger partial charge < -0.3 is 10.1 Å². The number of unbranched alkanes of at least 4 members (excludes halogenated alkanes) is 2. The maximum Gasteiger partial charge on any atom is 0.126 e. The second-order valence-electron chi connectivity index (χ2n) is 6.70. The number of fused-ring (bicyclic) bond motifs is 1. The second kappa shape index (κ2) is 11.7. The van der Waals surface area contributed by atoms with Crippen LogP contribution in [0, 0.1) is 0 Å². The Morgan fingerprint density at radius 3 is 2.35 bits per heavy atom. The predicted molar refractivity (Wildman–Crippen MR) is 116 cm³/mol. The Morgan fingerprint density at radius 2 is 1.69 bits per heavy atom. The van der Waals surface area contributed by atoms with Gasteiger partial charge in [-0.25, -0.2) is 0 Å². The molecule has 1 heterocycles. The van der Waals surface area contributed by atoms with Crippen LogP contribution in [0.3, 0.4) is 0 Å². The lowest BCUT2D eigenvalue weighted by Crippen LogP contribution is -2.45. The lowest BCUT2D eigenvalue weighted by molar-refractivity contribution is 0.163. The molecule has 1 aliphatic heterocycles. The Labute approximate surface area is 170 Å². The van der Waals surface area contributed by atoms with E-state index in [2.05, 4.69) is 53.5 Å². The fourth-order valence-electron chi connectivity index (χ4n) is 3.88. The van der Waals surface area contributed by atoms with Gasteiger partial charge in [0.1, 0.15) is 5.75 Å². The standard InChI is InChI=1S/C21H30N2O.2ClH/c1-3-4-5-10-20(23-15-13-22-14-16-23)18-11-12-21(24-2)19-9-7-6-8-17(18)19;;/h6-9,11-12,20,22H,3-5,10,13-16H2,1-2H3;2*1H/t20-;;/m1../s1. The molecule has 0 unspecified atom stereocenters. The summed E-state index contributed by atoms with van der Waals surface area (Å²) in [6.07, 6.45) is 5.13. The zero-order chi connectivity index (χ0) is 16.8. The number of hydrogen-bond acceptors (Lipinski definition) is 3. The highest BCUT2D eigenvalue weighted by atomic mass is 35.5. The Bertz CT molecular complexity index is 660. The first-order chi connectivity index (χ1) is 11.8. The Balaban J connectivity index is 0.00000169. The number of benzene rings is 2. The summed E-state index contributed by atoms with van der Waals surface area (Å²) in [5.74, 6) is 0.974. The van der Waals surface area contributed by atoms with E-state index in [4.69, 9.17) is 4.74 Å². The third kappa shape index (κ3) is 5.26. The van der Waals surface area contributed by atoms with Crippen molar-refractivity contribution in [2.45, 2.75) is 38.6 Å². The molecule has 0 bridgehead atoms. The molecule has 1 atom stereocenters. The first kappa shape index (κ1) is 23.0. The second-order valence-corrected chi connectivity index (χ2v) is 6.70. The molecule has 0 saturated carbocycles. The van der Waals surface area contributed by atoms with Gasteiger partial charge in [-0.05, 0) is 23.4 Å². The van der Waals surface area contributed by atoms with E-state index < -0.39 is 0 Å². The number of rotatable bonds is 7. The number of halogens is 2. The van der Waals surface area contributed by atoms with Crippen molar-refractivity contribution in [3.63, 3.8) is 0 Å². The van der Waals surface area contributed by atoms with Crippen LogP contribution in [-0.4, -0.2) is 38.2 Å². The molecule has 0 radical (unpaired) electrons. The Kier molecular flexibility index (Phi) is 10.3. The highest BCUT2D eigenvalue weighted by Gasteiger charge is 2.23. The average Bonchev–Trinajstić information content (AvgIpc) is 2.65. The SMILES string of the molecule is CCCCC[C@H](c1ccc(OC)c2ccccc12)N1CCNCC1.Cl.Cl. The van der Waals surface area contributed by atoms with Gasteiger partial charge in [-0.3, -0.25) is 4.90 Å². The largest absolute Gasteiger partial charge is 0.496 e. The quantitative estimate of drug-likeness (QED) is 0.646. The monoisotopic (exact) mass is 398 g/mol. The van der Waals surface area contributed by atoms with Crippen LogP contribution in [0.25, 0.3) is 10.8 Å². The maximum absolute atomic E-state index is 5.58. The fourth-order valence-corrected chi connectivity index (χ4v) is 3.88. The molecule has 0 spiro atoms. The number of nitrogens with zero attached hydrogens (tertiary/aromatic N) is 1. The molecule has 0 aromatic heterocycles. The third-order valence-electron chi connectivity index (χ3n) is 5.17. The normalized spacial score (nSPS) is 15.8. The van der Waals surface area contributed by atoms with Crippen molar-refractivity contribution in [3.8, 4) is 5.75 Å². The van der Waals surface area contributed by atoms with Crippen LogP contribution in [0.2, 0.25) is 0 Å². The van der Waals surface area contributed by atoms with Crippen molar-refractivity contribution in [2.24, 2.45) is 0 Å². The van der Waals surface area contributed by atoms with Gasteiger partial charge in [0.2, 0.25) is 0 Å². The summed E-state index contributed by atoms with van der Waals surface area (Å²) < 4.78 is 5.58. The van der Waals surface area contributed by atoms with Crippen LogP contribution >= 0.6 is 24.8 Å². The van der Waals surface area contributed by atoms with Crippen LogP contribution in [0.4, 0.5) is 0 Å². The van der Waals surface area contributed by atoms with Crippen LogP contribution in [0.15, 0.2) is 36.4 Å². The lowest BCUT2D eigenvalue weighted by Gasteiger charge is -2.36. The molecule has 2 aromatic carbocycles. The van der Waals surface area contributed by atoms with E-state index in [0.717, 1.165) is 31.9 Å². The number of ether oxygens (including phenoxy) is 1. The van der Waals surface area contributed by atoms with Gasteiger partial charge >= 0.3 is 0 Å². The number of methoxy groups -OCH3 is 1. The van der Waals surface area contributed by atoms with Gasteiger partial charge in [0.25, 0.3) is 0 Å². The van der Waals surface area contributed by atoms with Crippen LogP contribution in [0.5, 0.6) is 5.75 Å². The van der Waals surface area contributed by atoms with Crippen molar-refractivity contribution in [1.82, 2.24) is 10.2 Å². The number of nitrogens with one attached hydrogen (secondary N) is 1. The first-order valence-corrected chi connectivity index (χ1v) is 9.35. The van der Waals surface area contributed by atoms with Crippen LogP contribution in [-0.2, 0) is 0 Å². The van der Waals surface area contributed by atoms with Crippen molar-refractivity contribution < 1.29 is 4.74 Å². The summed E-state index contributed by atoms with van der Waals surface area (Å²) in [4.78, 5) is 2.67. The summed E-state index contributed by atoms with van der Waals surface area (Å²) in [7, 11) is 1.76. The van der Waals surface area contributed by atoms with Gasteiger partial charge in [0.15, 0.2) is 0 Å². The summed E-state index contributed by atoms with van der Waals surface area (Å²) in [6.45, 7) is 6.74. The summed E-state index contributed by atoms with van der Waals surface area (Å²) in [5, 5.41) is 6.06. The van der Waals surface area contributed by atoms with Gasteiger partial charge in [-0.1, -0.05) is 56.5 Å². The lowest BCUT2D eigenvalue weighted by atomic mass is 9.93. The molecule has 1 saturated heterocycles.